The summed E-state index contributed by atoms with van der Waals surface area (Å²) in [6.07, 6.45) is 0. The smallest absolute Gasteiger partial charge is 0.238 e. The monoisotopic (exact) mass is 457 g/mol. The minimum absolute atomic E-state index is 0.00503. The zero-order chi connectivity index (χ0) is 21.8. The Hall–Kier alpha value is -2.59. The summed E-state index contributed by atoms with van der Waals surface area (Å²) >= 11 is 11.5. The Morgan fingerprint density at radius 1 is 1.00 bits per heavy atom. The van der Waals surface area contributed by atoms with E-state index in [0.717, 1.165) is 37.6 Å². The largest absolute Gasteiger partial charge is 0.325 e. The van der Waals surface area contributed by atoms with E-state index in [1.54, 1.807) is 21.5 Å². The number of rotatable bonds is 6. The molecule has 1 aliphatic heterocycles. The first-order valence-electron chi connectivity index (χ1n) is 10.1. The lowest BCUT2D eigenvalue weighted by Gasteiger charge is -2.33. The van der Waals surface area contributed by atoms with Crippen LogP contribution in [0.15, 0.2) is 48.5 Å². The molecule has 0 spiro atoms. The third kappa shape index (κ3) is 5.56. The van der Waals surface area contributed by atoms with Gasteiger partial charge in [0.25, 0.3) is 0 Å². The molecule has 4 rings (SSSR count). The number of nitrogens with one attached hydrogen (secondary N) is 1. The predicted molar refractivity (Wildman–Crippen MR) is 123 cm³/mol. The van der Waals surface area contributed by atoms with Gasteiger partial charge in [-0.2, -0.15) is 4.68 Å². The quantitative estimate of drug-likeness (QED) is 0.574. The highest BCUT2D eigenvalue weighted by molar-refractivity contribution is 7.71. The SMILES string of the molecule is Cc1ccc(NC(=O)CN2CCN(Cn3nnn(-c4ccc(Cl)cc4)c3=S)CC2)cc1. The van der Waals surface area contributed by atoms with Crippen LogP contribution in [-0.4, -0.2) is 68.2 Å². The third-order valence-corrected chi connectivity index (χ3v) is 5.85. The van der Waals surface area contributed by atoms with Crippen LogP contribution in [0.3, 0.4) is 0 Å². The molecular weight excluding hydrogens is 434 g/mol. The van der Waals surface area contributed by atoms with Crippen molar-refractivity contribution in [1.29, 1.82) is 0 Å². The number of piperazine rings is 1. The number of carbonyl (C=O) groups is 1. The molecule has 3 aromatic rings. The van der Waals surface area contributed by atoms with E-state index >= 15 is 0 Å². The molecule has 2 heterocycles. The van der Waals surface area contributed by atoms with Crippen molar-refractivity contribution in [3.05, 3.63) is 63.9 Å². The van der Waals surface area contributed by atoms with Crippen LogP contribution in [0, 0.1) is 11.7 Å². The average Bonchev–Trinajstić information content (AvgIpc) is 3.12. The summed E-state index contributed by atoms with van der Waals surface area (Å²) in [5.74, 6) is 0.00503. The van der Waals surface area contributed by atoms with Crippen LogP contribution in [0.4, 0.5) is 5.69 Å². The number of anilines is 1. The van der Waals surface area contributed by atoms with Gasteiger partial charge in [-0.1, -0.05) is 29.3 Å². The summed E-state index contributed by atoms with van der Waals surface area (Å²) in [6, 6.07) is 15.1. The van der Waals surface area contributed by atoms with E-state index in [4.69, 9.17) is 23.8 Å². The van der Waals surface area contributed by atoms with E-state index in [1.807, 2.05) is 43.3 Å². The lowest BCUT2D eigenvalue weighted by Crippen LogP contribution is -2.49. The molecule has 162 valence electrons. The van der Waals surface area contributed by atoms with Gasteiger partial charge in [0.15, 0.2) is 0 Å². The van der Waals surface area contributed by atoms with Crippen LogP contribution < -0.4 is 5.32 Å². The molecule has 1 saturated heterocycles. The van der Waals surface area contributed by atoms with Gasteiger partial charge in [-0.3, -0.25) is 14.6 Å². The first-order chi connectivity index (χ1) is 15.0. The van der Waals surface area contributed by atoms with Gasteiger partial charge in [0, 0.05) is 36.9 Å². The fourth-order valence-corrected chi connectivity index (χ4v) is 3.79. The molecule has 0 aliphatic carbocycles. The topological polar surface area (TPSA) is 71.2 Å². The molecule has 8 nitrogen and oxygen atoms in total. The van der Waals surface area contributed by atoms with Gasteiger partial charge in [-0.15, -0.1) is 0 Å². The Balaban J connectivity index is 1.27. The lowest BCUT2D eigenvalue weighted by molar-refractivity contribution is -0.117. The molecule has 0 radical (unpaired) electrons. The Bertz CT molecular complexity index is 1090. The van der Waals surface area contributed by atoms with Crippen molar-refractivity contribution in [3.8, 4) is 5.69 Å². The van der Waals surface area contributed by atoms with Crippen LogP contribution in [0.5, 0.6) is 0 Å². The fraction of sp³-hybridized carbons (Fsp3) is 0.333. The molecule has 0 unspecified atom stereocenters. The zero-order valence-corrected chi connectivity index (χ0v) is 18.8. The number of carbonyl (C=O) groups excluding carboxylic acids is 1. The number of aryl methyl sites for hydroxylation is 1. The van der Waals surface area contributed by atoms with E-state index in [-0.39, 0.29) is 5.91 Å². The van der Waals surface area contributed by atoms with E-state index in [0.29, 0.717) is 23.0 Å². The molecule has 0 saturated carbocycles. The lowest BCUT2D eigenvalue weighted by atomic mass is 10.2. The van der Waals surface area contributed by atoms with Gasteiger partial charge in [-0.25, -0.2) is 4.68 Å². The van der Waals surface area contributed by atoms with Crippen molar-refractivity contribution in [1.82, 2.24) is 29.6 Å². The van der Waals surface area contributed by atoms with E-state index in [9.17, 15) is 4.79 Å². The maximum absolute atomic E-state index is 12.3. The zero-order valence-electron chi connectivity index (χ0n) is 17.2. The van der Waals surface area contributed by atoms with Crippen LogP contribution in [0.1, 0.15) is 5.56 Å². The van der Waals surface area contributed by atoms with Crippen LogP contribution in [-0.2, 0) is 11.5 Å². The summed E-state index contributed by atoms with van der Waals surface area (Å²) < 4.78 is 3.86. The first-order valence-corrected chi connectivity index (χ1v) is 10.9. The maximum Gasteiger partial charge on any atom is 0.238 e. The highest BCUT2D eigenvalue weighted by Gasteiger charge is 2.20. The van der Waals surface area contributed by atoms with Crippen LogP contribution >= 0.6 is 23.8 Å². The fourth-order valence-electron chi connectivity index (χ4n) is 3.43. The Morgan fingerprint density at radius 2 is 1.65 bits per heavy atom. The summed E-state index contributed by atoms with van der Waals surface area (Å²) in [5.41, 5.74) is 2.82. The molecule has 10 heteroatoms. The first kappa shape index (κ1) is 21.6. The number of aromatic nitrogens is 4. The molecule has 0 bridgehead atoms. The number of hydrogen-bond acceptors (Lipinski definition) is 6. The molecule has 31 heavy (non-hydrogen) atoms. The normalized spacial score (nSPS) is 15.2. The number of halogens is 1. The summed E-state index contributed by atoms with van der Waals surface area (Å²) in [7, 11) is 0. The molecular formula is C21H24ClN7OS. The minimum atomic E-state index is 0.00503. The minimum Gasteiger partial charge on any atom is -0.325 e. The van der Waals surface area contributed by atoms with Crippen LogP contribution in [0.2, 0.25) is 5.02 Å². The Morgan fingerprint density at radius 3 is 2.32 bits per heavy atom. The molecule has 1 aliphatic rings. The average molecular weight is 458 g/mol. The van der Waals surface area contributed by atoms with Gasteiger partial charge in [0.2, 0.25) is 10.7 Å². The van der Waals surface area contributed by atoms with Gasteiger partial charge >= 0.3 is 0 Å². The molecule has 1 fully saturated rings. The van der Waals surface area contributed by atoms with E-state index in [2.05, 4.69) is 25.5 Å². The van der Waals surface area contributed by atoms with Gasteiger partial charge < -0.3 is 5.32 Å². The van der Waals surface area contributed by atoms with Crippen molar-refractivity contribution >= 4 is 35.4 Å². The highest BCUT2D eigenvalue weighted by Crippen LogP contribution is 2.13. The van der Waals surface area contributed by atoms with Crippen molar-refractivity contribution < 1.29 is 4.79 Å². The standard InChI is InChI=1S/C21H24ClN7OS/c1-16-2-6-18(7-3-16)23-20(30)14-26-10-12-27(13-11-26)15-28-21(31)29(25-24-28)19-8-4-17(22)5-9-19/h2-9H,10-15H2,1H3,(H,23,30). The molecule has 1 aromatic heterocycles. The molecule has 1 amide bonds. The molecule has 0 atom stereocenters. The van der Waals surface area contributed by atoms with E-state index < -0.39 is 0 Å². The maximum atomic E-state index is 12.3. The Kier molecular flexibility index (Phi) is 6.77. The number of benzene rings is 2. The van der Waals surface area contributed by atoms with Gasteiger partial charge in [0.1, 0.15) is 0 Å². The third-order valence-electron chi connectivity index (χ3n) is 5.21. The Labute approximate surface area is 191 Å². The van der Waals surface area contributed by atoms with Crippen molar-refractivity contribution in [2.75, 3.05) is 38.0 Å². The summed E-state index contributed by atoms with van der Waals surface area (Å²) in [6.45, 7) is 6.24. The van der Waals surface area contributed by atoms with Crippen molar-refractivity contribution in [2.24, 2.45) is 0 Å². The predicted octanol–water partition coefficient (Wildman–Crippen LogP) is 2.97. The van der Waals surface area contributed by atoms with Crippen molar-refractivity contribution in [3.63, 3.8) is 0 Å². The van der Waals surface area contributed by atoms with Gasteiger partial charge in [0.05, 0.1) is 18.9 Å². The van der Waals surface area contributed by atoms with Gasteiger partial charge in [-0.05, 0) is 66.0 Å². The van der Waals surface area contributed by atoms with E-state index in [1.165, 1.54) is 5.56 Å². The van der Waals surface area contributed by atoms with Crippen LogP contribution in [0.25, 0.3) is 5.69 Å². The second kappa shape index (κ2) is 9.69. The number of amides is 1. The van der Waals surface area contributed by atoms with Crippen molar-refractivity contribution in [2.45, 2.75) is 13.6 Å². The molecule has 2 aromatic carbocycles. The number of hydrogen-bond donors (Lipinski definition) is 1. The molecule has 1 N–H and O–H groups in total. The number of tetrazole rings is 1. The second-order valence-corrected chi connectivity index (χ2v) is 8.40. The number of nitrogens with zero attached hydrogens (tertiary/aromatic N) is 6. The highest BCUT2D eigenvalue weighted by atomic mass is 35.5. The summed E-state index contributed by atoms with van der Waals surface area (Å²) in [4.78, 5) is 16.7. The summed E-state index contributed by atoms with van der Waals surface area (Å²) in [5, 5.41) is 12.0. The second-order valence-electron chi connectivity index (χ2n) is 7.60.